The minimum atomic E-state index is 0.0693. The van der Waals surface area contributed by atoms with Gasteiger partial charge in [-0.05, 0) is 25.3 Å². The monoisotopic (exact) mass is 207 g/mol. The van der Waals surface area contributed by atoms with Gasteiger partial charge < -0.3 is 10.5 Å². The Labute approximate surface area is 92.4 Å². The second-order valence-corrected chi connectivity index (χ2v) is 4.48. The molecule has 0 fully saturated rings. The highest BCUT2D eigenvalue weighted by atomic mass is 16.5. The molecule has 1 aromatic carbocycles. The molecule has 1 rings (SSSR count). The van der Waals surface area contributed by atoms with Gasteiger partial charge in [0.05, 0.1) is 7.11 Å². The van der Waals surface area contributed by atoms with E-state index >= 15 is 0 Å². The lowest BCUT2D eigenvalue weighted by Crippen LogP contribution is -2.14. The minimum Gasteiger partial charge on any atom is -0.496 e. The average molecular weight is 207 g/mol. The number of ether oxygens (including phenoxy) is 1. The first-order valence-electron chi connectivity index (χ1n) is 5.44. The molecule has 1 unspecified atom stereocenters. The molecule has 0 spiro atoms. The van der Waals surface area contributed by atoms with Crippen molar-refractivity contribution in [2.24, 2.45) is 11.7 Å². The molecule has 1 aromatic rings. The molecule has 2 heteroatoms. The molecule has 1 atom stereocenters. The van der Waals surface area contributed by atoms with E-state index in [9.17, 15) is 0 Å². The third-order valence-electron chi connectivity index (χ3n) is 2.51. The Balaban J connectivity index is 2.94. The van der Waals surface area contributed by atoms with Crippen molar-refractivity contribution in [3.05, 3.63) is 29.3 Å². The second kappa shape index (κ2) is 5.17. The van der Waals surface area contributed by atoms with E-state index in [1.54, 1.807) is 7.11 Å². The van der Waals surface area contributed by atoms with Crippen LogP contribution in [0.15, 0.2) is 18.2 Å². The molecule has 0 aliphatic carbocycles. The van der Waals surface area contributed by atoms with Gasteiger partial charge in [0.15, 0.2) is 0 Å². The highest BCUT2D eigenvalue weighted by molar-refractivity contribution is 5.38. The predicted molar refractivity (Wildman–Crippen MR) is 64.1 cm³/mol. The van der Waals surface area contributed by atoms with E-state index in [-0.39, 0.29) is 6.04 Å². The van der Waals surface area contributed by atoms with Crippen molar-refractivity contribution in [3.8, 4) is 5.75 Å². The Morgan fingerprint density at radius 2 is 2.00 bits per heavy atom. The molecule has 2 nitrogen and oxygen atoms in total. The SMILES string of the molecule is COc1ccc(C)cc1C(N)CC(C)C. The zero-order valence-corrected chi connectivity index (χ0v) is 10.1. The first-order valence-corrected chi connectivity index (χ1v) is 5.44. The van der Waals surface area contributed by atoms with Gasteiger partial charge in [-0.1, -0.05) is 31.5 Å². The summed E-state index contributed by atoms with van der Waals surface area (Å²) in [6.45, 7) is 6.44. The van der Waals surface area contributed by atoms with Gasteiger partial charge >= 0.3 is 0 Å². The van der Waals surface area contributed by atoms with Crippen LogP contribution >= 0.6 is 0 Å². The Morgan fingerprint density at radius 1 is 1.33 bits per heavy atom. The summed E-state index contributed by atoms with van der Waals surface area (Å²) >= 11 is 0. The van der Waals surface area contributed by atoms with Gasteiger partial charge in [0.2, 0.25) is 0 Å². The summed E-state index contributed by atoms with van der Waals surface area (Å²) in [6.07, 6.45) is 0.986. The molecule has 84 valence electrons. The Bertz CT molecular complexity index is 320. The summed E-state index contributed by atoms with van der Waals surface area (Å²) in [5, 5.41) is 0. The molecular formula is C13H21NO. The van der Waals surface area contributed by atoms with Crippen LogP contribution < -0.4 is 10.5 Å². The molecule has 0 saturated heterocycles. The molecule has 0 radical (unpaired) electrons. The molecule has 0 aliphatic heterocycles. The number of hydrogen-bond acceptors (Lipinski definition) is 2. The van der Waals surface area contributed by atoms with E-state index in [1.807, 2.05) is 12.1 Å². The summed E-state index contributed by atoms with van der Waals surface area (Å²) in [7, 11) is 1.69. The van der Waals surface area contributed by atoms with E-state index in [0.717, 1.165) is 17.7 Å². The van der Waals surface area contributed by atoms with Gasteiger partial charge in [-0.25, -0.2) is 0 Å². The number of nitrogens with two attached hydrogens (primary N) is 1. The maximum atomic E-state index is 6.16. The smallest absolute Gasteiger partial charge is 0.123 e. The van der Waals surface area contributed by atoms with Crippen molar-refractivity contribution in [3.63, 3.8) is 0 Å². The summed E-state index contributed by atoms with van der Waals surface area (Å²) in [5.74, 6) is 1.50. The zero-order chi connectivity index (χ0) is 11.4. The Hall–Kier alpha value is -1.02. The summed E-state index contributed by atoms with van der Waals surface area (Å²) in [6, 6.07) is 6.22. The van der Waals surface area contributed by atoms with Crippen LogP contribution in [0.1, 0.15) is 37.4 Å². The Kier molecular flexibility index (Phi) is 4.15. The summed E-state index contributed by atoms with van der Waals surface area (Å²) in [4.78, 5) is 0. The number of aryl methyl sites for hydroxylation is 1. The summed E-state index contributed by atoms with van der Waals surface area (Å²) < 4.78 is 5.32. The largest absolute Gasteiger partial charge is 0.496 e. The summed E-state index contributed by atoms with van der Waals surface area (Å²) in [5.41, 5.74) is 8.50. The van der Waals surface area contributed by atoms with Crippen LogP contribution in [0.5, 0.6) is 5.75 Å². The van der Waals surface area contributed by atoms with E-state index < -0.39 is 0 Å². The van der Waals surface area contributed by atoms with Crippen LogP contribution in [-0.2, 0) is 0 Å². The van der Waals surface area contributed by atoms with Crippen molar-refractivity contribution < 1.29 is 4.74 Å². The molecule has 0 heterocycles. The lowest BCUT2D eigenvalue weighted by atomic mass is 9.96. The minimum absolute atomic E-state index is 0.0693. The quantitative estimate of drug-likeness (QED) is 0.823. The fraction of sp³-hybridized carbons (Fsp3) is 0.538. The second-order valence-electron chi connectivity index (χ2n) is 4.48. The molecule has 0 aromatic heterocycles. The van der Waals surface area contributed by atoms with Crippen molar-refractivity contribution in [1.29, 1.82) is 0 Å². The van der Waals surface area contributed by atoms with Gasteiger partial charge in [-0.3, -0.25) is 0 Å². The van der Waals surface area contributed by atoms with Gasteiger partial charge in [-0.15, -0.1) is 0 Å². The fourth-order valence-electron chi connectivity index (χ4n) is 1.78. The number of benzene rings is 1. The molecule has 2 N–H and O–H groups in total. The lowest BCUT2D eigenvalue weighted by Gasteiger charge is -2.18. The maximum Gasteiger partial charge on any atom is 0.123 e. The lowest BCUT2D eigenvalue weighted by molar-refractivity contribution is 0.399. The van der Waals surface area contributed by atoms with Crippen LogP contribution in [0, 0.1) is 12.8 Å². The Morgan fingerprint density at radius 3 is 2.53 bits per heavy atom. The van der Waals surface area contributed by atoms with Gasteiger partial charge in [0.25, 0.3) is 0 Å². The van der Waals surface area contributed by atoms with Gasteiger partial charge in [-0.2, -0.15) is 0 Å². The van der Waals surface area contributed by atoms with Gasteiger partial charge in [0, 0.05) is 11.6 Å². The molecule has 0 amide bonds. The van der Waals surface area contributed by atoms with Crippen LogP contribution in [0.2, 0.25) is 0 Å². The predicted octanol–water partition coefficient (Wildman–Crippen LogP) is 3.05. The molecule has 15 heavy (non-hydrogen) atoms. The van der Waals surface area contributed by atoms with E-state index in [2.05, 4.69) is 26.8 Å². The van der Waals surface area contributed by atoms with Crippen molar-refractivity contribution in [1.82, 2.24) is 0 Å². The number of methoxy groups -OCH3 is 1. The average Bonchev–Trinajstić information content (AvgIpc) is 2.16. The zero-order valence-electron chi connectivity index (χ0n) is 10.1. The van der Waals surface area contributed by atoms with Crippen molar-refractivity contribution in [2.75, 3.05) is 7.11 Å². The van der Waals surface area contributed by atoms with E-state index in [0.29, 0.717) is 5.92 Å². The van der Waals surface area contributed by atoms with E-state index in [4.69, 9.17) is 10.5 Å². The third kappa shape index (κ3) is 3.24. The van der Waals surface area contributed by atoms with Crippen LogP contribution in [-0.4, -0.2) is 7.11 Å². The molecule has 0 bridgehead atoms. The van der Waals surface area contributed by atoms with Gasteiger partial charge in [0.1, 0.15) is 5.75 Å². The van der Waals surface area contributed by atoms with Crippen LogP contribution in [0.3, 0.4) is 0 Å². The van der Waals surface area contributed by atoms with Crippen LogP contribution in [0.25, 0.3) is 0 Å². The van der Waals surface area contributed by atoms with E-state index in [1.165, 1.54) is 5.56 Å². The molecular weight excluding hydrogens is 186 g/mol. The highest BCUT2D eigenvalue weighted by Gasteiger charge is 2.13. The number of rotatable bonds is 4. The standard InChI is InChI=1S/C13H21NO/c1-9(2)7-12(14)11-8-10(3)5-6-13(11)15-4/h5-6,8-9,12H,7,14H2,1-4H3. The highest BCUT2D eigenvalue weighted by Crippen LogP contribution is 2.28. The first kappa shape index (κ1) is 12.1. The first-order chi connectivity index (χ1) is 7.04. The number of hydrogen-bond donors (Lipinski definition) is 1. The van der Waals surface area contributed by atoms with Crippen molar-refractivity contribution in [2.45, 2.75) is 33.2 Å². The fourth-order valence-corrected chi connectivity index (χ4v) is 1.78. The van der Waals surface area contributed by atoms with Crippen LogP contribution in [0.4, 0.5) is 0 Å². The third-order valence-corrected chi connectivity index (χ3v) is 2.51. The molecule has 0 saturated carbocycles. The topological polar surface area (TPSA) is 35.2 Å². The normalized spacial score (nSPS) is 12.9. The maximum absolute atomic E-state index is 6.16. The van der Waals surface area contributed by atoms with Crippen molar-refractivity contribution >= 4 is 0 Å². The molecule has 0 aliphatic rings.